The Morgan fingerprint density at radius 3 is 3.13 bits per heavy atom. The standard InChI is InChI=1S/C10H16N4O/c15-10(4-5-11-8-1-2-8)12-7-9-3-6-13-14-9/h3,6,8,11H,1-2,4-5,7H2,(H,12,15)(H,13,14). The van der Waals surface area contributed by atoms with E-state index in [1.165, 1.54) is 12.8 Å². The van der Waals surface area contributed by atoms with E-state index in [1.54, 1.807) is 6.20 Å². The van der Waals surface area contributed by atoms with Crippen molar-refractivity contribution >= 4 is 5.91 Å². The molecule has 0 bridgehead atoms. The Morgan fingerprint density at radius 1 is 1.60 bits per heavy atom. The van der Waals surface area contributed by atoms with Gasteiger partial charge in [-0.3, -0.25) is 9.89 Å². The van der Waals surface area contributed by atoms with Crippen LogP contribution in [0.15, 0.2) is 12.3 Å². The lowest BCUT2D eigenvalue weighted by molar-refractivity contribution is -0.121. The van der Waals surface area contributed by atoms with Crippen molar-refractivity contribution in [2.45, 2.75) is 31.8 Å². The summed E-state index contributed by atoms with van der Waals surface area (Å²) >= 11 is 0. The Bertz CT molecular complexity index is 305. The highest BCUT2D eigenvalue weighted by atomic mass is 16.1. The number of carbonyl (C=O) groups excluding carboxylic acids is 1. The number of amides is 1. The highest BCUT2D eigenvalue weighted by Crippen LogP contribution is 2.18. The number of aromatic amines is 1. The van der Waals surface area contributed by atoms with Crippen LogP contribution in [0.5, 0.6) is 0 Å². The van der Waals surface area contributed by atoms with Gasteiger partial charge in [-0.15, -0.1) is 0 Å². The lowest BCUT2D eigenvalue weighted by atomic mass is 10.3. The second-order valence-corrected chi connectivity index (χ2v) is 3.84. The first-order valence-corrected chi connectivity index (χ1v) is 5.33. The molecule has 1 amide bonds. The maximum atomic E-state index is 11.4. The van der Waals surface area contributed by atoms with E-state index in [-0.39, 0.29) is 5.91 Å². The number of nitrogens with zero attached hydrogens (tertiary/aromatic N) is 1. The highest BCUT2D eigenvalue weighted by molar-refractivity contribution is 5.75. The zero-order chi connectivity index (χ0) is 10.5. The van der Waals surface area contributed by atoms with Crippen molar-refractivity contribution in [3.05, 3.63) is 18.0 Å². The van der Waals surface area contributed by atoms with Crippen LogP contribution in [-0.2, 0) is 11.3 Å². The molecule has 1 aromatic heterocycles. The Hall–Kier alpha value is -1.36. The van der Waals surface area contributed by atoms with Crippen LogP contribution in [0.4, 0.5) is 0 Å². The summed E-state index contributed by atoms with van der Waals surface area (Å²) in [5.74, 6) is 0.0813. The highest BCUT2D eigenvalue weighted by Gasteiger charge is 2.19. The predicted molar refractivity (Wildman–Crippen MR) is 56.1 cm³/mol. The molecule has 0 radical (unpaired) electrons. The molecule has 1 fully saturated rings. The molecule has 2 rings (SSSR count). The minimum Gasteiger partial charge on any atom is -0.350 e. The summed E-state index contributed by atoms with van der Waals surface area (Å²) in [6.45, 7) is 1.31. The first-order valence-electron chi connectivity index (χ1n) is 5.33. The van der Waals surface area contributed by atoms with E-state index in [2.05, 4.69) is 20.8 Å². The molecule has 5 nitrogen and oxygen atoms in total. The van der Waals surface area contributed by atoms with E-state index in [1.807, 2.05) is 6.07 Å². The second-order valence-electron chi connectivity index (χ2n) is 3.84. The Labute approximate surface area is 88.6 Å². The molecule has 0 aromatic carbocycles. The molecule has 1 aromatic rings. The summed E-state index contributed by atoms with van der Waals surface area (Å²) < 4.78 is 0. The van der Waals surface area contributed by atoms with Crippen LogP contribution in [0.25, 0.3) is 0 Å². The summed E-state index contributed by atoms with van der Waals surface area (Å²) in [4.78, 5) is 11.4. The fraction of sp³-hybridized carbons (Fsp3) is 0.600. The summed E-state index contributed by atoms with van der Waals surface area (Å²) in [6.07, 6.45) is 4.74. The zero-order valence-corrected chi connectivity index (χ0v) is 8.62. The van der Waals surface area contributed by atoms with Gasteiger partial charge in [0.25, 0.3) is 0 Å². The average Bonchev–Trinajstić information content (AvgIpc) is 2.91. The molecule has 1 saturated carbocycles. The smallest absolute Gasteiger partial charge is 0.221 e. The van der Waals surface area contributed by atoms with Gasteiger partial charge in [0.1, 0.15) is 0 Å². The average molecular weight is 208 g/mol. The van der Waals surface area contributed by atoms with Gasteiger partial charge in [-0.1, -0.05) is 0 Å². The lowest BCUT2D eigenvalue weighted by Gasteiger charge is -2.04. The molecule has 0 atom stereocenters. The van der Waals surface area contributed by atoms with Gasteiger partial charge >= 0.3 is 0 Å². The molecule has 1 aliphatic rings. The monoisotopic (exact) mass is 208 g/mol. The first kappa shape index (κ1) is 10.2. The molecule has 1 aliphatic carbocycles. The van der Waals surface area contributed by atoms with Gasteiger partial charge < -0.3 is 10.6 Å². The van der Waals surface area contributed by atoms with Gasteiger partial charge in [-0.2, -0.15) is 5.10 Å². The van der Waals surface area contributed by atoms with Crippen LogP contribution in [-0.4, -0.2) is 28.7 Å². The predicted octanol–water partition coefficient (Wildman–Crippen LogP) is 0.168. The SMILES string of the molecule is O=C(CCNC1CC1)NCc1ccn[nH]1. The van der Waals surface area contributed by atoms with Crippen molar-refractivity contribution in [2.24, 2.45) is 0 Å². The van der Waals surface area contributed by atoms with Crippen molar-refractivity contribution in [2.75, 3.05) is 6.54 Å². The van der Waals surface area contributed by atoms with Crippen LogP contribution in [0.2, 0.25) is 0 Å². The van der Waals surface area contributed by atoms with E-state index in [4.69, 9.17) is 0 Å². The van der Waals surface area contributed by atoms with Crippen LogP contribution in [0.1, 0.15) is 25.0 Å². The van der Waals surface area contributed by atoms with E-state index in [0.717, 1.165) is 12.2 Å². The van der Waals surface area contributed by atoms with E-state index in [0.29, 0.717) is 19.0 Å². The van der Waals surface area contributed by atoms with Crippen LogP contribution >= 0.6 is 0 Å². The van der Waals surface area contributed by atoms with Gasteiger partial charge in [0.2, 0.25) is 5.91 Å². The molecular weight excluding hydrogens is 192 g/mol. The summed E-state index contributed by atoms with van der Waals surface area (Å²) in [5.41, 5.74) is 0.929. The quantitative estimate of drug-likeness (QED) is 0.624. The van der Waals surface area contributed by atoms with Gasteiger partial charge in [-0.25, -0.2) is 0 Å². The number of hydrogen-bond donors (Lipinski definition) is 3. The van der Waals surface area contributed by atoms with Gasteiger partial charge in [0.05, 0.1) is 12.2 Å². The molecule has 5 heteroatoms. The van der Waals surface area contributed by atoms with Crippen LogP contribution in [0, 0.1) is 0 Å². The fourth-order valence-corrected chi connectivity index (χ4v) is 1.34. The maximum Gasteiger partial charge on any atom is 0.221 e. The largest absolute Gasteiger partial charge is 0.350 e. The topological polar surface area (TPSA) is 69.8 Å². The minimum absolute atomic E-state index is 0.0813. The second kappa shape index (κ2) is 4.93. The lowest BCUT2D eigenvalue weighted by Crippen LogP contribution is -2.28. The third kappa shape index (κ3) is 3.71. The molecule has 82 valence electrons. The molecule has 3 N–H and O–H groups in total. The van der Waals surface area contributed by atoms with Gasteiger partial charge in [0.15, 0.2) is 0 Å². The number of H-pyrrole nitrogens is 1. The molecular formula is C10H16N4O. The van der Waals surface area contributed by atoms with Crippen molar-refractivity contribution in [3.8, 4) is 0 Å². The van der Waals surface area contributed by atoms with Crippen molar-refractivity contribution in [1.29, 1.82) is 0 Å². The normalized spacial score (nSPS) is 15.2. The van der Waals surface area contributed by atoms with Crippen molar-refractivity contribution in [1.82, 2.24) is 20.8 Å². The fourth-order valence-electron chi connectivity index (χ4n) is 1.34. The Morgan fingerprint density at radius 2 is 2.47 bits per heavy atom. The van der Waals surface area contributed by atoms with Crippen molar-refractivity contribution < 1.29 is 4.79 Å². The summed E-state index contributed by atoms with van der Waals surface area (Å²) in [6, 6.07) is 2.52. The van der Waals surface area contributed by atoms with E-state index >= 15 is 0 Å². The van der Waals surface area contributed by atoms with E-state index < -0.39 is 0 Å². The number of carbonyl (C=O) groups is 1. The summed E-state index contributed by atoms with van der Waals surface area (Å²) in [5, 5.41) is 12.7. The van der Waals surface area contributed by atoms with E-state index in [9.17, 15) is 4.79 Å². The Balaban J connectivity index is 1.55. The van der Waals surface area contributed by atoms with Crippen molar-refractivity contribution in [3.63, 3.8) is 0 Å². The molecule has 0 unspecified atom stereocenters. The summed E-state index contributed by atoms with van der Waals surface area (Å²) in [7, 11) is 0. The molecule has 0 saturated heterocycles. The molecule has 1 heterocycles. The first-order chi connectivity index (χ1) is 7.34. The van der Waals surface area contributed by atoms with Crippen LogP contribution < -0.4 is 10.6 Å². The van der Waals surface area contributed by atoms with Crippen LogP contribution in [0.3, 0.4) is 0 Å². The maximum absolute atomic E-state index is 11.4. The number of aromatic nitrogens is 2. The number of nitrogens with one attached hydrogen (secondary N) is 3. The van der Waals surface area contributed by atoms with Gasteiger partial charge in [0, 0.05) is 25.2 Å². The molecule has 15 heavy (non-hydrogen) atoms. The van der Waals surface area contributed by atoms with Gasteiger partial charge in [-0.05, 0) is 18.9 Å². The Kier molecular flexibility index (Phi) is 3.34. The molecule has 0 aliphatic heterocycles. The zero-order valence-electron chi connectivity index (χ0n) is 8.62. The number of rotatable bonds is 6. The third-order valence-electron chi connectivity index (χ3n) is 2.40. The minimum atomic E-state index is 0.0813. The number of hydrogen-bond acceptors (Lipinski definition) is 3. The third-order valence-corrected chi connectivity index (χ3v) is 2.40. The molecule has 0 spiro atoms.